The number of sulfone groups is 1. The fourth-order valence-corrected chi connectivity index (χ4v) is 2.76. The van der Waals surface area contributed by atoms with Gasteiger partial charge in [-0.2, -0.15) is 0 Å². The third-order valence-electron chi connectivity index (χ3n) is 3.60. The number of aliphatic imine (C=N–C) groups is 1. The van der Waals surface area contributed by atoms with Gasteiger partial charge >= 0.3 is 0 Å². The molecule has 25 heavy (non-hydrogen) atoms. The molecule has 0 atom stereocenters. The minimum Gasteiger partial charge on any atom is -0.444 e. The van der Waals surface area contributed by atoms with Crippen LogP contribution in [0.4, 0.5) is 0 Å². The molecule has 0 spiro atoms. The molecule has 0 aliphatic carbocycles. The van der Waals surface area contributed by atoms with E-state index < -0.39 is 9.84 Å². The van der Waals surface area contributed by atoms with Crippen LogP contribution in [0.5, 0.6) is 0 Å². The normalized spacial score (nSPS) is 12.2. The number of aromatic nitrogens is 1. The van der Waals surface area contributed by atoms with Crippen molar-refractivity contribution in [3.63, 3.8) is 0 Å². The van der Waals surface area contributed by atoms with Crippen LogP contribution in [0.15, 0.2) is 38.6 Å². The van der Waals surface area contributed by atoms with E-state index in [2.05, 4.69) is 20.6 Å². The lowest BCUT2D eigenvalue weighted by atomic mass is 10.2. The van der Waals surface area contributed by atoms with E-state index in [4.69, 9.17) is 4.42 Å². The van der Waals surface area contributed by atoms with Crippen LogP contribution < -0.4 is 10.6 Å². The summed E-state index contributed by atoms with van der Waals surface area (Å²) in [5.74, 6) is 2.06. The molecule has 0 aliphatic heterocycles. The maximum Gasteiger partial charge on any atom is 0.214 e. The zero-order valence-electron chi connectivity index (χ0n) is 15.0. The first kappa shape index (κ1) is 19.0. The largest absolute Gasteiger partial charge is 0.444 e. The third-order valence-corrected chi connectivity index (χ3v) is 4.72. The molecule has 0 unspecified atom stereocenters. The van der Waals surface area contributed by atoms with Crippen LogP contribution in [0.1, 0.15) is 29.8 Å². The molecule has 2 rings (SSSR count). The van der Waals surface area contributed by atoms with Gasteiger partial charge in [-0.3, -0.25) is 0 Å². The second kappa shape index (κ2) is 8.15. The lowest BCUT2D eigenvalue weighted by Gasteiger charge is -2.10. The Kier molecular flexibility index (Phi) is 6.19. The van der Waals surface area contributed by atoms with Gasteiger partial charge in [-0.05, 0) is 38.5 Å². The molecule has 0 bridgehead atoms. The maximum absolute atomic E-state index is 11.5. The molecule has 2 aromatic rings. The highest BCUT2D eigenvalue weighted by atomic mass is 32.2. The Balaban J connectivity index is 2.01. The van der Waals surface area contributed by atoms with E-state index in [1.54, 1.807) is 24.3 Å². The number of nitrogens with zero attached hydrogens (tertiary/aromatic N) is 2. The first-order valence-electron chi connectivity index (χ1n) is 8.03. The van der Waals surface area contributed by atoms with Gasteiger partial charge in [-0.25, -0.2) is 18.4 Å². The number of aryl methyl sites for hydroxylation is 2. The van der Waals surface area contributed by atoms with Crippen molar-refractivity contribution in [2.24, 2.45) is 4.99 Å². The van der Waals surface area contributed by atoms with Gasteiger partial charge in [0.25, 0.3) is 0 Å². The standard InChI is InChI=1S/C17H24N4O3S/c1-5-18-17(20-11-16-21-12(2)13(3)24-16)19-10-14-6-8-15(9-7-14)25(4,22)23/h6-9H,5,10-11H2,1-4H3,(H2,18,19,20). The number of nitrogens with one attached hydrogen (secondary N) is 2. The summed E-state index contributed by atoms with van der Waals surface area (Å²) in [6.45, 7) is 7.36. The Morgan fingerprint density at radius 2 is 1.88 bits per heavy atom. The van der Waals surface area contributed by atoms with Crippen LogP contribution in [0.3, 0.4) is 0 Å². The van der Waals surface area contributed by atoms with E-state index in [1.165, 1.54) is 6.26 Å². The molecule has 1 heterocycles. The van der Waals surface area contributed by atoms with Gasteiger partial charge < -0.3 is 15.1 Å². The second-order valence-corrected chi connectivity index (χ2v) is 7.73. The Labute approximate surface area is 148 Å². The Bertz CT molecular complexity index is 820. The van der Waals surface area contributed by atoms with Gasteiger partial charge in [0.1, 0.15) is 5.76 Å². The molecule has 0 fully saturated rings. The van der Waals surface area contributed by atoms with E-state index >= 15 is 0 Å². The highest BCUT2D eigenvalue weighted by molar-refractivity contribution is 7.90. The lowest BCUT2D eigenvalue weighted by molar-refractivity contribution is 0.463. The van der Waals surface area contributed by atoms with Crippen LogP contribution in [0.2, 0.25) is 0 Å². The van der Waals surface area contributed by atoms with E-state index in [-0.39, 0.29) is 0 Å². The summed E-state index contributed by atoms with van der Waals surface area (Å²) >= 11 is 0. The van der Waals surface area contributed by atoms with Gasteiger partial charge in [-0.15, -0.1) is 0 Å². The first-order valence-corrected chi connectivity index (χ1v) is 9.93. The molecule has 136 valence electrons. The zero-order valence-corrected chi connectivity index (χ0v) is 15.8. The number of hydrogen-bond donors (Lipinski definition) is 2. The average molecular weight is 364 g/mol. The van der Waals surface area contributed by atoms with Crippen LogP contribution in [0.25, 0.3) is 0 Å². The monoisotopic (exact) mass is 364 g/mol. The van der Waals surface area contributed by atoms with Crippen LogP contribution in [-0.4, -0.2) is 32.2 Å². The van der Waals surface area contributed by atoms with E-state index in [0.29, 0.717) is 29.8 Å². The number of benzene rings is 1. The maximum atomic E-state index is 11.5. The van der Waals surface area contributed by atoms with E-state index in [0.717, 1.165) is 23.6 Å². The molecule has 1 aromatic heterocycles. The summed E-state index contributed by atoms with van der Waals surface area (Å²) in [4.78, 5) is 9.13. The molecule has 0 amide bonds. The number of guanidine groups is 1. The van der Waals surface area contributed by atoms with Crippen molar-refractivity contribution >= 4 is 15.8 Å². The number of hydrogen-bond acceptors (Lipinski definition) is 5. The number of oxazole rings is 1. The Hall–Kier alpha value is -2.35. The predicted octanol–water partition coefficient (Wildman–Crippen LogP) is 1.95. The number of rotatable bonds is 6. The molecule has 2 N–H and O–H groups in total. The van der Waals surface area contributed by atoms with Crippen molar-refractivity contribution in [1.29, 1.82) is 0 Å². The van der Waals surface area contributed by atoms with Gasteiger partial charge in [0.2, 0.25) is 5.89 Å². The van der Waals surface area contributed by atoms with Crippen molar-refractivity contribution in [2.45, 2.75) is 38.8 Å². The summed E-state index contributed by atoms with van der Waals surface area (Å²) in [5, 5.41) is 6.32. The zero-order chi connectivity index (χ0) is 18.4. The second-order valence-electron chi connectivity index (χ2n) is 5.71. The van der Waals surface area contributed by atoms with Crippen molar-refractivity contribution in [3.05, 3.63) is 47.2 Å². The van der Waals surface area contributed by atoms with Crippen molar-refractivity contribution in [3.8, 4) is 0 Å². The van der Waals surface area contributed by atoms with Gasteiger partial charge in [-0.1, -0.05) is 12.1 Å². The quantitative estimate of drug-likeness (QED) is 0.601. The fraction of sp³-hybridized carbons (Fsp3) is 0.412. The minimum atomic E-state index is -3.18. The fourth-order valence-electron chi connectivity index (χ4n) is 2.13. The Morgan fingerprint density at radius 1 is 1.20 bits per heavy atom. The molecule has 1 aromatic carbocycles. The summed E-state index contributed by atoms with van der Waals surface area (Å²) in [7, 11) is -3.18. The minimum absolute atomic E-state index is 0.305. The van der Waals surface area contributed by atoms with Crippen molar-refractivity contribution in [2.75, 3.05) is 12.8 Å². The van der Waals surface area contributed by atoms with Crippen molar-refractivity contribution in [1.82, 2.24) is 15.6 Å². The molecular formula is C17H24N4O3S. The topological polar surface area (TPSA) is 96.6 Å². The molecule has 0 aliphatic rings. The highest BCUT2D eigenvalue weighted by Crippen LogP contribution is 2.11. The Morgan fingerprint density at radius 3 is 2.40 bits per heavy atom. The predicted molar refractivity (Wildman–Crippen MR) is 97.2 cm³/mol. The van der Waals surface area contributed by atoms with Gasteiger partial charge in [0.05, 0.1) is 23.7 Å². The first-order chi connectivity index (χ1) is 11.8. The summed E-state index contributed by atoms with van der Waals surface area (Å²) in [6.07, 6.45) is 1.19. The SMILES string of the molecule is CCNC(=NCc1ccc(S(C)(=O)=O)cc1)NCc1nc(C)c(C)o1. The highest BCUT2D eigenvalue weighted by Gasteiger charge is 2.07. The summed E-state index contributed by atoms with van der Waals surface area (Å²) in [6, 6.07) is 6.73. The van der Waals surface area contributed by atoms with Crippen LogP contribution in [-0.2, 0) is 22.9 Å². The smallest absolute Gasteiger partial charge is 0.214 e. The van der Waals surface area contributed by atoms with Crippen LogP contribution in [0, 0.1) is 13.8 Å². The van der Waals surface area contributed by atoms with Gasteiger partial charge in [0.15, 0.2) is 15.8 Å². The third kappa shape index (κ3) is 5.60. The molecule has 0 saturated heterocycles. The van der Waals surface area contributed by atoms with E-state index in [1.807, 2.05) is 20.8 Å². The van der Waals surface area contributed by atoms with Crippen molar-refractivity contribution < 1.29 is 12.8 Å². The van der Waals surface area contributed by atoms with Gasteiger partial charge in [0, 0.05) is 12.8 Å². The molecule has 0 saturated carbocycles. The average Bonchev–Trinajstić information content (AvgIpc) is 2.88. The lowest BCUT2D eigenvalue weighted by Crippen LogP contribution is -2.36. The molecule has 8 heteroatoms. The summed E-state index contributed by atoms with van der Waals surface area (Å²) < 4.78 is 28.5. The van der Waals surface area contributed by atoms with Crippen LogP contribution >= 0.6 is 0 Å². The summed E-state index contributed by atoms with van der Waals surface area (Å²) in [5.41, 5.74) is 1.80. The van der Waals surface area contributed by atoms with E-state index in [9.17, 15) is 8.42 Å². The molecule has 0 radical (unpaired) electrons. The molecule has 7 nitrogen and oxygen atoms in total. The molecular weight excluding hydrogens is 340 g/mol.